The van der Waals surface area contributed by atoms with Gasteiger partial charge >= 0.3 is 0 Å². The Labute approximate surface area is 163 Å². The number of fused-ring (bicyclic) bond motifs is 1. The standard InChI is InChI=1S/C21H23FN4O2/c1-12-19(13(2)24-11-23-12)21(28)25-8-16-9-26(14(3)27)20(18(16)10-25)15-5-4-6-17(22)7-15/h4-7,11,16,18,20H,8-10H2,1-3H3/t16-,18-,20-/m1/s1. The lowest BCUT2D eigenvalue weighted by Gasteiger charge is -2.29. The van der Waals surface area contributed by atoms with Crippen LogP contribution in [0.25, 0.3) is 0 Å². The summed E-state index contributed by atoms with van der Waals surface area (Å²) in [6.45, 7) is 6.85. The Bertz CT molecular complexity index is 928. The summed E-state index contributed by atoms with van der Waals surface area (Å²) in [4.78, 5) is 37.3. The second-order valence-electron chi connectivity index (χ2n) is 7.72. The second-order valence-corrected chi connectivity index (χ2v) is 7.72. The normalized spacial score (nSPS) is 23.8. The van der Waals surface area contributed by atoms with Gasteiger partial charge in [0.05, 0.1) is 23.0 Å². The van der Waals surface area contributed by atoms with E-state index in [4.69, 9.17) is 0 Å². The number of halogens is 1. The highest BCUT2D eigenvalue weighted by Crippen LogP contribution is 2.45. The zero-order valence-corrected chi connectivity index (χ0v) is 16.2. The van der Waals surface area contributed by atoms with E-state index in [0.717, 1.165) is 5.56 Å². The van der Waals surface area contributed by atoms with Crippen LogP contribution >= 0.6 is 0 Å². The summed E-state index contributed by atoms with van der Waals surface area (Å²) in [7, 11) is 0. The van der Waals surface area contributed by atoms with Crippen molar-refractivity contribution in [1.82, 2.24) is 19.8 Å². The van der Waals surface area contributed by atoms with Crippen LogP contribution in [-0.4, -0.2) is 51.2 Å². The van der Waals surface area contributed by atoms with Gasteiger partial charge in [-0.2, -0.15) is 0 Å². The third kappa shape index (κ3) is 3.04. The lowest BCUT2D eigenvalue weighted by atomic mass is 9.89. The number of aromatic nitrogens is 2. The minimum absolute atomic E-state index is 0.0234. The van der Waals surface area contributed by atoms with Crippen molar-refractivity contribution < 1.29 is 14.0 Å². The van der Waals surface area contributed by atoms with Crippen LogP contribution < -0.4 is 0 Å². The van der Waals surface area contributed by atoms with Crippen LogP contribution in [0.3, 0.4) is 0 Å². The first-order valence-electron chi connectivity index (χ1n) is 9.47. The molecule has 7 heteroatoms. The minimum atomic E-state index is -0.317. The molecule has 1 aromatic heterocycles. The molecule has 3 heterocycles. The van der Waals surface area contributed by atoms with Crippen LogP contribution in [0.4, 0.5) is 4.39 Å². The first-order chi connectivity index (χ1) is 13.4. The lowest BCUT2D eigenvalue weighted by Crippen LogP contribution is -2.37. The summed E-state index contributed by atoms with van der Waals surface area (Å²) in [5.41, 5.74) is 2.67. The Hall–Kier alpha value is -2.83. The van der Waals surface area contributed by atoms with Crippen molar-refractivity contribution in [2.24, 2.45) is 11.8 Å². The van der Waals surface area contributed by atoms with Gasteiger partial charge in [-0.3, -0.25) is 9.59 Å². The van der Waals surface area contributed by atoms with Crippen molar-refractivity contribution in [2.75, 3.05) is 19.6 Å². The number of hydrogen-bond acceptors (Lipinski definition) is 4. The average molecular weight is 382 g/mol. The predicted molar refractivity (Wildman–Crippen MR) is 101 cm³/mol. The van der Waals surface area contributed by atoms with Crippen molar-refractivity contribution in [3.8, 4) is 0 Å². The van der Waals surface area contributed by atoms with Crippen LogP contribution in [0.15, 0.2) is 30.6 Å². The van der Waals surface area contributed by atoms with E-state index < -0.39 is 0 Å². The molecule has 3 atom stereocenters. The van der Waals surface area contributed by atoms with Crippen molar-refractivity contribution in [3.05, 3.63) is 58.9 Å². The second kappa shape index (κ2) is 6.96. The largest absolute Gasteiger partial charge is 0.338 e. The lowest BCUT2D eigenvalue weighted by molar-refractivity contribution is -0.130. The van der Waals surface area contributed by atoms with Gasteiger partial charge in [-0.05, 0) is 31.5 Å². The summed E-state index contributed by atoms with van der Waals surface area (Å²) in [5.74, 6) is -0.156. The number of nitrogens with zero attached hydrogens (tertiary/aromatic N) is 4. The van der Waals surface area contributed by atoms with Crippen LogP contribution in [0.5, 0.6) is 0 Å². The summed E-state index contributed by atoms with van der Waals surface area (Å²) in [6, 6.07) is 6.20. The van der Waals surface area contributed by atoms with E-state index in [-0.39, 0.29) is 35.5 Å². The smallest absolute Gasteiger partial charge is 0.257 e. The first-order valence-corrected chi connectivity index (χ1v) is 9.47. The number of likely N-dealkylation sites (tertiary alicyclic amines) is 2. The number of carbonyl (C=O) groups excluding carboxylic acids is 2. The van der Waals surface area contributed by atoms with E-state index in [9.17, 15) is 14.0 Å². The maximum Gasteiger partial charge on any atom is 0.257 e. The third-order valence-electron chi connectivity index (χ3n) is 5.99. The molecule has 28 heavy (non-hydrogen) atoms. The summed E-state index contributed by atoms with van der Waals surface area (Å²) >= 11 is 0. The summed E-state index contributed by atoms with van der Waals surface area (Å²) in [6.07, 6.45) is 1.46. The van der Waals surface area contributed by atoms with Crippen LogP contribution in [-0.2, 0) is 4.79 Å². The Balaban J connectivity index is 1.63. The van der Waals surface area contributed by atoms with Crippen molar-refractivity contribution in [2.45, 2.75) is 26.8 Å². The molecule has 2 aliphatic heterocycles. The molecule has 4 rings (SSSR count). The molecule has 1 aromatic carbocycles. The monoisotopic (exact) mass is 382 g/mol. The van der Waals surface area contributed by atoms with Gasteiger partial charge in [-0.1, -0.05) is 12.1 Å². The highest BCUT2D eigenvalue weighted by Gasteiger charge is 2.49. The van der Waals surface area contributed by atoms with Gasteiger partial charge in [0.25, 0.3) is 5.91 Å². The molecule has 6 nitrogen and oxygen atoms in total. The van der Waals surface area contributed by atoms with Crippen molar-refractivity contribution in [3.63, 3.8) is 0 Å². The molecular formula is C21H23FN4O2. The molecule has 0 radical (unpaired) electrons. The Kier molecular flexibility index (Phi) is 4.61. The Morgan fingerprint density at radius 1 is 1.11 bits per heavy atom. The molecular weight excluding hydrogens is 359 g/mol. The van der Waals surface area contributed by atoms with E-state index in [1.165, 1.54) is 18.5 Å². The van der Waals surface area contributed by atoms with Crippen molar-refractivity contribution >= 4 is 11.8 Å². The fraction of sp³-hybridized carbons (Fsp3) is 0.429. The van der Waals surface area contributed by atoms with Crippen LogP contribution in [0, 0.1) is 31.5 Å². The highest BCUT2D eigenvalue weighted by molar-refractivity contribution is 5.96. The number of carbonyl (C=O) groups is 2. The molecule has 0 aliphatic carbocycles. The van der Waals surface area contributed by atoms with Crippen LogP contribution in [0.1, 0.15) is 40.3 Å². The van der Waals surface area contributed by atoms with E-state index in [1.807, 2.05) is 29.7 Å². The highest BCUT2D eigenvalue weighted by atomic mass is 19.1. The van der Waals surface area contributed by atoms with Crippen LogP contribution in [0.2, 0.25) is 0 Å². The van der Waals surface area contributed by atoms with Gasteiger partial charge in [0.2, 0.25) is 5.91 Å². The molecule has 2 aliphatic rings. The number of rotatable bonds is 2. The van der Waals surface area contributed by atoms with Gasteiger partial charge in [0.15, 0.2) is 0 Å². The number of hydrogen-bond donors (Lipinski definition) is 0. The summed E-state index contributed by atoms with van der Waals surface area (Å²) in [5, 5.41) is 0. The minimum Gasteiger partial charge on any atom is -0.338 e. The van der Waals surface area contributed by atoms with Gasteiger partial charge in [-0.15, -0.1) is 0 Å². The van der Waals surface area contributed by atoms with Crippen molar-refractivity contribution in [1.29, 1.82) is 0 Å². The zero-order chi connectivity index (χ0) is 20.0. The van der Waals surface area contributed by atoms with Gasteiger partial charge in [-0.25, -0.2) is 14.4 Å². The molecule has 0 spiro atoms. The number of amides is 2. The quantitative estimate of drug-likeness (QED) is 0.801. The fourth-order valence-electron chi connectivity index (χ4n) is 4.71. The molecule has 2 aromatic rings. The van der Waals surface area contributed by atoms with E-state index in [2.05, 4.69) is 9.97 Å². The Morgan fingerprint density at radius 2 is 1.82 bits per heavy atom. The summed E-state index contributed by atoms with van der Waals surface area (Å²) < 4.78 is 13.8. The molecule has 2 fully saturated rings. The average Bonchev–Trinajstić information content (AvgIpc) is 3.19. The Morgan fingerprint density at radius 3 is 2.46 bits per heavy atom. The SMILES string of the molecule is CC(=O)N1C[C@H]2CN(C(=O)c3c(C)ncnc3C)C[C@H]2[C@H]1c1cccc(F)c1. The number of aryl methyl sites for hydroxylation is 2. The van der Waals surface area contributed by atoms with E-state index >= 15 is 0 Å². The van der Waals surface area contributed by atoms with E-state index in [0.29, 0.717) is 36.6 Å². The third-order valence-corrected chi connectivity index (χ3v) is 5.99. The fourth-order valence-corrected chi connectivity index (χ4v) is 4.71. The van der Waals surface area contributed by atoms with Gasteiger partial charge in [0.1, 0.15) is 12.1 Å². The molecule has 0 N–H and O–H groups in total. The molecule has 0 saturated carbocycles. The van der Waals surface area contributed by atoms with E-state index in [1.54, 1.807) is 13.0 Å². The first kappa shape index (κ1) is 18.5. The molecule has 0 bridgehead atoms. The maximum absolute atomic E-state index is 13.8. The molecule has 146 valence electrons. The number of benzene rings is 1. The maximum atomic E-state index is 13.8. The van der Waals surface area contributed by atoms with Gasteiger partial charge in [0, 0.05) is 38.4 Å². The molecule has 2 amide bonds. The zero-order valence-electron chi connectivity index (χ0n) is 16.2. The topological polar surface area (TPSA) is 66.4 Å². The predicted octanol–water partition coefficient (Wildman–Crippen LogP) is 2.52. The molecule has 0 unspecified atom stereocenters. The van der Waals surface area contributed by atoms with Gasteiger partial charge < -0.3 is 9.80 Å². The molecule has 2 saturated heterocycles.